The highest BCUT2D eigenvalue weighted by atomic mass is 16.4. The number of allylic oxidation sites excluding steroid dienone is 2. The molecule has 0 spiro atoms. The smallest absolute Gasteiger partial charge is 0.307 e. The Labute approximate surface area is 111 Å². The van der Waals surface area contributed by atoms with Gasteiger partial charge in [-0.2, -0.15) is 0 Å². The number of aromatic nitrogens is 1. The number of hydrogen-bond donors (Lipinski definition) is 2. The lowest BCUT2D eigenvalue weighted by Gasteiger charge is -2.24. The van der Waals surface area contributed by atoms with Crippen molar-refractivity contribution in [2.75, 3.05) is 5.32 Å². The number of rotatable bonds is 3. The second-order valence-corrected chi connectivity index (χ2v) is 4.67. The van der Waals surface area contributed by atoms with Crippen molar-refractivity contribution in [1.29, 1.82) is 0 Å². The molecule has 0 fully saturated rings. The Morgan fingerprint density at radius 2 is 2.00 bits per heavy atom. The van der Waals surface area contributed by atoms with Crippen LogP contribution in [0.15, 0.2) is 30.6 Å². The Morgan fingerprint density at radius 1 is 1.32 bits per heavy atom. The number of anilines is 1. The Bertz CT molecular complexity index is 525. The minimum atomic E-state index is -0.924. The molecule has 0 radical (unpaired) electrons. The quantitative estimate of drug-likeness (QED) is 0.815. The second kappa shape index (κ2) is 5.65. The van der Waals surface area contributed by atoms with Gasteiger partial charge in [0, 0.05) is 6.20 Å². The number of nitrogens with one attached hydrogen (secondary N) is 1. The summed E-state index contributed by atoms with van der Waals surface area (Å²) in [5.41, 5.74) is 1.53. The van der Waals surface area contributed by atoms with Crippen molar-refractivity contribution in [2.45, 2.75) is 19.8 Å². The molecule has 0 aliphatic heterocycles. The van der Waals surface area contributed by atoms with E-state index in [4.69, 9.17) is 5.11 Å². The van der Waals surface area contributed by atoms with Crippen molar-refractivity contribution in [1.82, 2.24) is 4.98 Å². The maximum Gasteiger partial charge on any atom is 0.307 e. The first-order valence-corrected chi connectivity index (χ1v) is 6.19. The summed E-state index contributed by atoms with van der Waals surface area (Å²) in [7, 11) is 0. The number of carboxylic acids is 1. The molecule has 100 valence electrons. The van der Waals surface area contributed by atoms with Gasteiger partial charge in [0.2, 0.25) is 5.91 Å². The standard InChI is InChI=1S/C14H16N2O3/c1-9-6-7-15-8-12(9)16-13(17)10-4-2-3-5-11(10)14(18)19/h2-3,6-8,10-11H,4-5H2,1H3,(H,16,17)(H,18,19)/t10-,11+/m1/s1. The van der Waals surface area contributed by atoms with Crippen molar-refractivity contribution in [2.24, 2.45) is 11.8 Å². The highest BCUT2D eigenvalue weighted by Gasteiger charge is 2.34. The zero-order chi connectivity index (χ0) is 13.8. The Balaban J connectivity index is 2.13. The Hall–Kier alpha value is -2.17. The summed E-state index contributed by atoms with van der Waals surface area (Å²) in [5.74, 6) is -2.36. The van der Waals surface area contributed by atoms with E-state index in [1.165, 1.54) is 0 Å². The summed E-state index contributed by atoms with van der Waals surface area (Å²) < 4.78 is 0. The van der Waals surface area contributed by atoms with Crippen molar-refractivity contribution < 1.29 is 14.7 Å². The van der Waals surface area contributed by atoms with Gasteiger partial charge in [-0.15, -0.1) is 0 Å². The molecule has 2 rings (SSSR count). The van der Waals surface area contributed by atoms with E-state index >= 15 is 0 Å². The third-order valence-corrected chi connectivity index (χ3v) is 3.38. The molecule has 5 nitrogen and oxygen atoms in total. The maximum atomic E-state index is 12.2. The molecule has 5 heteroatoms. The molecule has 0 saturated carbocycles. The van der Waals surface area contributed by atoms with Crippen molar-refractivity contribution in [3.63, 3.8) is 0 Å². The number of amides is 1. The lowest BCUT2D eigenvalue weighted by Crippen LogP contribution is -2.34. The number of aryl methyl sites for hydroxylation is 1. The van der Waals surface area contributed by atoms with Gasteiger partial charge in [-0.1, -0.05) is 12.2 Å². The molecule has 0 bridgehead atoms. The van der Waals surface area contributed by atoms with Gasteiger partial charge < -0.3 is 10.4 Å². The molecule has 1 aromatic heterocycles. The minimum Gasteiger partial charge on any atom is -0.481 e. The number of pyridine rings is 1. The van der Waals surface area contributed by atoms with E-state index < -0.39 is 17.8 Å². The topological polar surface area (TPSA) is 79.3 Å². The van der Waals surface area contributed by atoms with Crippen LogP contribution in [-0.2, 0) is 9.59 Å². The van der Waals surface area contributed by atoms with Crippen LogP contribution in [0.1, 0.15) is 18.4 Å². The molecule has 1 aromatic rings. The van der Waals surface area contributed by atoms with Gasteiger partial charge in [0.1, 0.15) is 0 Å². The first kappa shape index (κ1) is 13.3. The molecular weight excluding hydrogens is 244 g/mol. The van der Waals surface area contributed by atoms with Crippen molar-refractivity contribution >= 4 is 17.6 Å². The van der Waals surface area contributed by atoms with Crippen LogP contribution in [0.5, 0.6) is 0 Å². The van der Waals surface area contributed by atoms with Gasteiger partial charge in [0.15, 0.2) is 0 Å². The molecule has 1 heterocycles. The first-order chi connectivity index (χ1) is 9.09. The molecule has 19 heavy (non-hydrogen) atoms. The average Bonchev–Trinajstić information content (AvgIpc) is 2.41. The maximum absolute atomic E-state index is 12.2. The summed E-state index contributed by atoms with van der Waals surface area (Å²) in [6, 6.07) is 1.80. The highest BCUT2D eigenvalue weighted by molar-refractivity contribution is 5.95. The molecular formula is C14H16N2O3. The molecule has 1 aliphatic carbocycles. The number of nitrogens with zero attached hydrogens (tertiary/aromatic N) is 1. The number of hydrogen-bond acceptors (Lipinski definition) is 3. The summed E-state index contributed by atoms with van der Waals surface area (Å²) in [5, 5.41) is 11.9. The number of carboxylic acid groups (broad SMARTS) is 1. The molecule has 0 saturated heterocycles. The fourth-order valence-corrected chi connectivity index (χ4v) is 2.20. The van der Waals surface area contributed by atoms with Crippen LogP contribution < -0.4 is 5.32 Å². The lowest BCUT2D eigenvalue weighted by atomic mass is 9.82. The molecule has 2 atom stereocenters. The predicted octanol–water partition coefficient (Wildman–Crippen LogP) is 2.00. The van der Waals surface area contributed by atoms with Gasteiger partial charge in [-0.05, 0) is 31.4 Å². The predicted molar refractivity (Wildman–Crippen MR) is 70.6 cm³/mol. The van der Waals surface area contributed by atoms with Crippen LogP contribution in [0.2, 0.25) is 0 Å². The second-order valence-electron chi connectivity index (χ2n) is 4.67. The van der Waals surface area contributed by atoms with Gasteiger partial charge in [0.05, 0.1) is 23.7 Å². The molecule has 1 aliphatic rings. The van der Waals surface area contributed by atoms with Crippen LogP contribution >= 0.6 is 0 Å². The van der Waals surface area contributed by atoms with E-state index in [1.54, 1.807) is 18.5 Å². The van der Waals surface area contributed by atoms with Crippen LogP contribution in [0.4, 0.5) is 5.69 Å². The van der Waals surface area contributed by atoms with E-state index in [1.807, 2.05) is 19.1 Å². The van der Waals surface area contributed by atoms with E-state index in [-0.39, 0.29) is 5.91 Å². The van der Waals surface area contributed by atoms with Gasteiger partial charge in [-0.25, -0.2) is 0 Å². The number of aliphatic carboxylic acids is 1. The molecule has 0 unspecified atom stereocenters. The first-order valence-electron chi connectivity index (χ1n) is 6.19. The molecule has 1 amide bonds. The monoisotopic (exact) mass is 260 g/mol. The van der Waals surface area contributed by atoms with E-state index in [2.05, 4.69) is 10.3 Å². The fraction of sp³-hybridized carbons (Fsp3) is 0.357. The zero-order valence-electron chi connectivity index (χ0n) is 10.7. The van der Waals surface area contributed by atoms with E-state index in [0.29, 0.717) is 18.5 Å². The Kier molecular flexibility index (Phi) is 3.94. The Morgan fingerprint density at radius 3 is 2.63 bits per heavy atom. The average molecular weight is 260 g/mol. The van der Waals surface area contributed by atoms with Crippen LogP contribution in [0, 0.1) is 18.8 Å². The number of carbonyl (C=O) groups is 2. The SMILES string of the molecule is Cc1ccncc1NC(=O)[C@@H]1CC=CC[C@@H]1C(=O)O. The number of carbonyl (C=O) groups excluding carboxylic acids is 1. The van der Waals surface area contributed by atoms with Crippen LogP contribution in [0.25, 0.3) is 0 Å². The largest absolute Gasteiger partial charge is 0.481 e. The molecule has 2 N–H and O–H groups in total. The fourth-order valence-electron chi connectivity index (χ4n) is 2.20. The lowest BCUT2D eigenvalue weighted by molar-refractivity contribution is -0.146. The van der Waals surface area contributed by atoms with Gasteiger partial charge >= 0.3 is 5.97 Å². The van der Waals surface area contributed by atoms with Gasteiger partial charge in [0.25, 0.3) is 0 Å². The summed E-state index contributed by atoms with van der Waals surface area (Å²) in [6.45, 7) is 1.87. The van der Waals surface area contributed by atoms with Gasteiger partial charge in [-0.3, -0.25) is 14.6 Å². The minimum absolute atomic E-state index is 0.257. The third-order valence-electron chi connectivity index (χ3n) is 3.38. The van der Waals surface area contributed by atoms with Crippen LogP contribution in [-0.4, -0.2) is 22.0 Å². The van der Waals surface area contributed by atoms with E-state index in [0.717, 1.165) is 5.56 Å². The van der Waals surface area contributed by atoms with Crippen molar-refractivity contribution in [3.05, 3.63) is 36.2 Å². The summed E-state index contributed by atoms with van der Waals surface area (Å²) >= 11 is 0. The molecule has 0 aromatic carbocycles. The zero-order valence-corrected chi connectivity index (χ0v) is 10.7. The summed E-state index contributed by atoms with van der Waals surface area (Å²) in [6.07, 6.45) is 7.76. The van der Waals surface area contributed by atoms with Crippen molar-refractivity contribution in [3.8, 4) is 0 Å². The third kappa shape index (κ3) is 2.99. The van der Waals surface area contributed by atoms with Crippen LogP contribution in [0.3, 0.4) is 0 Å². The van der Waals surface area contributed by atoms with E-state index in [9.17, 15) is 9.59 Å². The summed E-state index contributed by atoms with van der Waals surface area (Å²) in [4.78, 5) is 27.3. The highest BCUT2D eigenvalue weighted by Crippen LogP contribution is 2.27. The normalized spacial score (nSPS) is 21.9.